The molecule has 0 amide bonds. The summed E-state index contributed by atoms with van der Waals surface area (Å²) in [6.45, 7) is 0. The molecule has 0 saturated heterocycles. The van der Waals surface area contributed by atoms with Crippen molar-refractivity contribution in [2.45, 2.75) is 12.6 Å². The molecule has 0 heterocycles. The van der Waals surface area contributed by atoms with E-state index in [9.17, 15) is 17.2 Å². The number of rotatable bonds is 4. The maximum absolute atomic E-state index is 13.4. The smallest absolute Gasteiger partial charge is 0.232 e. The van der Waals surface area contributed by atoms with Gasteiger partial charge in [0.25, 0.3) is 0 Å². The molecule has 0 N–H and O–H groups in total. The maximum Gasteiger partial charge on any atom is 0.232 e. The van der Waals surface area contributed by atoms with Crippen LogP contribution in [-0.4, -0.2) is 14.2 Å². The third-order valence-corrected chi connectivity index (χ3v) is 3.01. The van der Waals surface area contributed by atoms with Gasteiger partial charge in [0.1, 0.15) is 12.0 Å². The second-order valence-electron chi connectivity index (χ2n) is 3.05. The van der Waals surface area contributed by atoms with Crippen LogP contribution >= 0.6 is 10.7 Å². The van der Waals surface area contributed by atoms with Crippen LogP contribution in [0, 0.1) is 5.82 Å². The van der Waals surface area contributed by atoms with Crippen molar-refractivity contribution >= 4 is 19.7 Å². The maximum atomic E-state index is 13.4. The van der Waals surface area contributed by atoms with E-state index in [1.165, 1.54) is 18.2 Å². The lowest BCUT2D eigenvalue weighted by Crippen LogP contribution is -2.02. The standard InChI is InChI=1S/C9H9ClF2O2S/c10-15(13,14)5-4-9(12)7-2-1-3-8(11)6-7/h1-3,6,9H,4-5H2. The molecule has 0 aromatic heterocycles. The summed E-state index contributed by atoms with van der Waals surface area (Å²) in [7, 11) is 1.23. The lowest BCUT2D eigenvalue weighted by Gasteiger charge is -2.06. The van der Waals surface area contributed by atoms with Crippen LogP contribution in [0.25, 0.3) is 0 Å². The molecule has 1 rings (SSSR count). The summed E-state index contributed by atoms with van der Waals surface area (Å²) in [6.07, 6.45) is -1.79. The van der Waals surface area contributed by atoms with Crippen LogP contribution in [0.2, 0.25) is 0 Å². The summed E-state index contributed by atoms with van der Waals surface area (Å²) in [5, 5.41) is 0. The Morgan fingerprint density at radius 1 is 1.40 bits per heavy atom. The summed E-state index contributed by atoms with van der Waals surface area (Å²) in [4.78, 5) is 0. The second kappa shape index (κ2) is 4.90. The van der Waals surface area contributed by atoms with Crippen LogP contribution in [0.1, 0.15) is 18.2 Å². The molecule has 2 nitrogen and oxygen atoms in total. The quantitative estimate of drug-likeness (QED) is 0.775. The minimum atomic E-state index is -3.70. The second-order valence-corrected chi connectivity index (χ2v) is 5.95. The van der Waals surface area contributed by atoms with E-state index in [1.54, 1.807) is 0 Å². The summed E-state index contributed by atoms with van der Waals surface area (Å²) < 4.78 is 47.2. The Kier molecular flexibility index (Phi) is 4.04. The zero-order valence-corrected chi connectivity index (χ0v) is 9.23. The summed E-state index contributed by atoms with van der Waals surface area (Å²) >= 11 is 0. The molecule has 0 spiro atoms. The first kappa shape index (κ1) is 12.4. The van der Waals surface area contributed by atoms with Gasteiger partial charge >= 0.3 is 0 Å². The van der Waals surface area contributed by atoms with E-state index in [2.05, 4.69) is 0 Å². The van der Waals surface area contributed by atoms with Gasteiger partial charge in [0.15, 0.2) is 0 Å². The Bertz CT molecular complexity index is 433. The summed E-state index contributed by atoms with van der Waals surface area (Å²) in [6, 6.07) is 4.99. The lowest BCUT2D eigenvalue weighted by molar-refractivity contribution is 0.334. The van der Waals surface area contributed by atoms with Crippen molar-refractivity contribution in [1.82, 2.24) is 0 Å². The van der Waals surface area contributed by atoms with E-state index in [0.717, 1.165) is 6.07 Å². The Balaban J connectivity index is 2.65. The van der Waals surface area contributed by atoms with Crippen molar-refractivity contribution in [1.29, 1.82) is 0 Å². The molecule has 0 aliphatic carbocycles. The minimum Gasteiger partial charge on any atom is -0.242 e. The average molecular weight is 255 g/mol. The van der Waals surface area contributed by atoms with Crippen molar-refractivity contribution in [2.75, 3.05) is 5.75 Å². The third kappa shape index (κ3) is 4.57. The monoisotopic (exact) mass is 254 g/mol. The first-order chi connectivity index (χ1) is 6.88. The molecule has 1 atom stereocenters. The molecule has 6 heteroatoms. The van der Waals surface area contributed by atoms with Crippen LogP contribution in [-0.2, 0) is 9.05 Å². The number of hydrogen-bond donors (Lipinski definition) is 0. The van der Waals surface area contributed by atoms with Crippen molar-refractivity contribution in [3.05, 3.63) is 35.6 Å². The van der Waals surface area contributed by atoms with Crippen molar-refractivity contribution in [3.8, 4) is 0 Å². The van der Waals surface area contributed by atoms with E-state index < -0.39 is 26.8 Å². The van der Waals surface area contributed by atoms with E-state index in [1.807, 2.05) is 0 Å². The number of halogens is 3. The van der Waals surface area contributed by atoms with Gasteiger partial charge in [0.05, 0.1) is 5.75 Å². The van der Waals surface area contributed by atoms with Crippen LogP contribution in [0.5, 0.6) is 0 Å². The molecular weight excluding hydrogens is 246 g/mol. The number of alkyl halides is 1. The third-order valence-electron chi connectivity index (χ3n) is 1.83. The Hall–Kier alpha value is -0.680. The molecule has 0 radical (unpaired) electrons. The normalized spacial score (nSPS) is 13.8. The van der Waals surface area contributed by atoms with E-state index in [0.29, 0.717) is 0 Å². The van der Waals surface area contributed by atoms with Gasteiger partial charge in [-0.2, -0.15) is 0 Å². The van der Waals surface area contributed by atoms with E-state index in [-0.39, 0.29) is 12.0 Å². The highest BCUT2D eigenvalue weighted by Crippen LogP contribution is 2.22. The van der Waals surface area contributed by atoms with E-state index in [4.69, 9.17) is 10.7 Å². The van der Waals surface area contributed by atoms with E-state index >= 15 is 0 Å². The SMILES string of the molecule is O=S(=O)(Cl)CCC(F)c1cccc(F)c1. The molecule has 1 unspecified atom stereocenters. The highest BCUT2D eigenvalue weighted by atomic mass is 35.7. The number of hydrogen-bond acceptors (Lipinski definition) is 2. The highest BCUT2D eigenvalue weighted by molar-refractivity contribution is 8.13. The number of benzene rings is 1. The van der Waals surface area contributed by atoms with Crippen LogP contribution in [0.3, 0.4) is 0 Å². The largest absolute Gasteiger partial charge is 0.242 e. The Labute approximate surface area is 91.3 Å². The summed E-state index contributed by atoms with van der Waals surface area (Å²) in [5.41, 5.74) is 0.121. The first-order valence-electron chi connectivity index (χ1n) is 4.20. The fraction of sp³-hybridized carbons (Fsp3) is 0.333. The molecule has 84 valence electrons. The first-order valence-corrected chi connectivity index (χ1v) is 6.68. The van der Waals surface area contributed by atoms with Gasteiger partial charge in [0, 0.05) is 10.7 Å². The van der Waals surface area contributed by atoms with Crippen LogP contribution in [0.15, 0.2) is 24.3 Å². The van der Waals surface area contributed by atoms with Gasteiger partial charge in [-0.15, -0.1) is 0 Å². The van der Waals surface area contributed by atoms with Gasteiger partial charge in [0.2, 0.25) is 9.05 Å². The van der Waals surface area contributed by atoms with Gasteiger partial charge in [-0.1, -0.05) is 12.1 Å². The Morgan fingerprint density at radius 3 is 2.60 bits per heavy atom. The molecule has 1 aromatic carbocycles. The predicted octanol–water partition coefficient (Wildman–Crippen LogP) is 2.80. The average Bonchev–Trinajstić information content (AvgIpc) is 2.13. The molecular formula is C9H9ClF2O2S. The summed E-state index contributed by atoms with van der Waals surface area (Å²) in [5.74, 6) is -1.02. The lowest BCUT2D eigenvalue weighted by atomic mass is 10.1. The van der Waals surface area contributed by atoms with Gasteiger partial charge in [-0.3, -0.25) is 0 Å². The van der Waals surface area contributed by atoms with Gasteiger partial charge in [-0.25, -0.2) is 17.2 Å². The molecule has 0 saturated carbocycles. The zero-order chi connectivity index (χ0) is 11.5. The predicted molar refractivity (Wildman–Crippen MR) is 54.5 cm³/mol. The fourth-order valence-corrected chi connectivity index (χ4v) is 1.87. The highest BCUT2D eigenvalue weighted by Gasteiger charge is 2.14. The molecule has 15 heavy (non-hydrogen) atoms. The van der Waals surface area contributed by atoms with Gasteiger partial charge < -0.3 is 0 Å². The molecule has 0 fully saturated rings. The van der Waals surface area contributed by atoms with Crippen LogP contribution in [0.4, 0.5) is 8.78 Å². The minimum absolute atomic E-state index is 0.121. The van der Waals surface area contributed by atoms with Crippen molar-refractivity contribution in [3.63, 3.8) is 0 Å². The molecule has 0 aliphatic rings. The zero-order valence-electron chi connectivity index (χ0n) is 7.66. The van der Waals surface area contributed by atoms with Gasteiger partial charge in [-0.05, 0) is 24.1 Å². The van der Waals surface area contributed by atoms with Crippen molar-refractivity contribution < 1.29 is 17.2 Å². The molecule has 0 bridgehead atoms. The molecule has 1 aromatic rings. The Morgan fingerprint density at radius 2 is 2.07 bits per heavy atom. The molecule has 0 aliphatic heterocycles. The topological polar surface area (TPSA) is 34.1 Å². The van der Waals surface area contributed by atoms with Crippen molar-refractivity contribution in [2.24, 2.45) is 0 Å². The van der Waals surface area contributed by atoms with Crippen LogP contribution < -0.4 is 0 Å². The fourth-order valence-electron chi connectivity index (χ4n) is 1.11.